The number of para-hydroxylation sites is 1. The number of rotatable bonds is 7. The number of nitrogens with one attached hydrogen (secondary N) is 2. The first-order chi connectivity index (χ1) is 13.9. The topological polar surface area (TPSA) is 114 Å². The molecule has 7 nitrogen and oxygen atoms in total. The molecule has 150 valence electrons. The van der Waals surface area contributed by atoms with Crippen LogP contribution < -0.4 is 11.1 Å². The van der Waals surface area contributed by atoms with Crippen molar-refractivity contribution in [2.75, 3.05) is 0 Å². The number of urea groups is 1. The molecule has 3 rings (SSSR count). The molecule has 0 aliphatic carbocycles. The van der Waals surface area contributed by atoms with Gasteiger partial charge in [0.25, 0.3) is 0 Å². The number of H-pyrrole nitrogens is 1. The molecule has 2 amide bonds. The summed E-state index contributed by atoms with van der Waals surface area (Å²) in [5, 5.41) is 3.62. The third kappa shape index (κ3) is 4.75. The first-order valence-electron chi connectivity index (χ1n) is 8.97. The highest BCUT2D eigenvalue weighted by atomic mass is 35.5. The number of Topliss-reactive ketones (excluding diaryl/α,β-unsaturated/α-hetero) is 1. The normalized spacial score (nSPS) is 12.9. The van der Waals surface area contributed by atoms with Crippen molar-refractivity contribution in [3.05, 3.63) is 70.9 Å². The third-order valence-corrected chi connectivity index (χ3v) is 4.84. The second-order valence-corrected chi connectivity index (χ2v) is 6.94. The first kappa shape index (κ1) is 20.4. The lowest BCUT2D eigenvalue weighted by molar-refractivity contribution is -0.146. The second-order valence-electron chi connectivity index (χ2n) is 6.53. The zero-order valence-corrected chi connectivity index (χ0v) is 16.4. The largest absolute Gasteiger partial charge is 0.454 e. The van der Waals surface area contributed by atoms with Crippen molar-refractivity contribution in [3.63, 3.8) is 0 Å². The predicted octanol–water partition coefficient (Wildman–Crippen LogP) is 3.74. The van der Waals surface area contributed by atoms with E-state index in [0.29, 0.717) is 16.1 Å². The van der Waals surface area contributed by atoms with E-state index in [2.05, 4.69) is 10.3 Å². The molecule has 0 spiro atoms. The molecule has 2 atom stereocenters. The SMILES string of the molecule is C[C@@H](OC(=O)C[C@H](NC(N)=O)c1ccccc1Cl)C(=O)c1c[nH]c2ccccc12. The minimum atomic E-state index is -0.998. The van der Waals surface area contributed by atoms with Crippen LogP contribution in [0.1, 0.15) is 35.3 Å². The number of ether oxygens (including phenoxy) is 1. The van der Waals surface area contributed by atoms with E-state index in [4.69, 9.17) is 22.1 Å². The molecular formula is C21H20ClN3O4. The minimum absolute atomic E-state index is 0.224. The third-order valence-electron chi connectivity index (χ3n) is 4.50. The Morgan fingerprint density at radius 3 is 2.55 bits per heavy atom. The highest BCUT2D eigenvalue weighted by Gasteiger charge is 2.25. The number of fused-ring (bicyclic) bond motifs is 1. The number of aromatic nitrogens is 1. The van der Waals surface area contributed by atoms with Crippen molar-refractivity contribution in [1.29, 1.82) is 0 Å². The molecule has 8 heteroatoms. The molecule has 0 fully saturated rings. The number of carbonyl (C=O) groups is 3. The van der Waals surface area contributed by atoms with Crippen LogP contribution in [0.2, 0.25) is 5.02 Å². The van der Waals surface area contributed by atoms with Crippen LogP contribution in [0.25, 0.3) is 10.9 Å². The van der Waals surface area contributed by atoms with E-state index in [-0.39, 0.29) is 12.2 Å². The van der Waals surface area contributed by atoms with Crippen LogP contribution in [0.3, 0.4) is 0 Å². The van der Waals surface area contributed by atoms with E-state index in [9.17, 15) is 14.4 Å². The average Bonchev–Trinajstić information content (AvgIpc) is 3.11. The Hall–Kier alpha value is -3.32. The highest BCUT2D eigenvalue weighted by Crippen LogP contribution is 2.26. The first-order valence-corrected chi connectivity index (χ1v) is 9.35. The van der Waals surface area contributed by atoms with Gasteiger partial charge in [-0.15, -0.1) is 0 Å². The van der Waals surface area contributed by atoms with Gasteiger partial charge in [-0.2, -0.15) is 0 Å². The molecule has 2 aromatic carbocycles. The number of amides is 2. The van der Waals surface area contributed by atoms with Crippen LogP contribution in [0.5, 0.6) is 0 Å². The highest BCUT2D eigenvalue weighted by molar-refractivity contribution is 6.31. The van der Waals surface area contributed by atoms with Crippen molar-refractivity contribution in [2.24, 2.45) is 5.73 Å². The summed E-state index contributed by atoms with van der Waals surface area (Å²) in [6, 6.07) is 12.6. The number of ketones is 1. The van der Waals surface area contributed by atoms with E-state index in [1.54, 1.807) is 30.5 Å². The van der Waals surface area contributed by atoms with Gasteiger partial charge in [-0.05, 0) is 24.6 Å². The molecule has 0 unspecified atom stereocenters. The van der Waals surface area contributed by atoms with E-state index in [0.717, 1.165) is 10.9 Å². The average molecular weight is 414 g/mol. The van der Waals surface area contributed by atoms with Crippen LogP contribution in [-0.4, -0.2) is 28.9 Å². The van der Waals surface area contributed by atoms with Gasteiger partial charge in [-0.1, -0.05) is 48.0 Å². The van der Waals surface area contributed by atoms with Crippen molar-refractivity contribution in [2.45, 2.75) is 25.5 Å². The molecule has 0 saturated carbocycles. The number of primary amides is 1. The van der Waals surface area contributed by atoms with Crippen LogP contribution in [0.15, 0.2) is 54.7 Å². The number of halogens is 1. The molecular weight excluding hydrogens is 394 g/mol. The number of hydrogen-bond acceptors (Lipinski definition) is 4. The van der Waals surface area contributed by atoms with Crippen LogP contribution >= 0.6 is 11.6 Å². The predicted molar refractivity (Wildman–Crippen MR) is 110 cm³/mol. The van der Waals surface area contributed by atoms with E-state index < -0.39 is 24.1 Å². The molecule has 1 heterocycles. The zero-order valence-electron chi connectivity index (χ0n) is 15.6. The number of hydrogen-bond donors (Lipinski definition) is 3. The quantitative estimate of drug-likeness (QED) is 0.404. The lowest BCUT2D eigenvalue weighted by atomic mass is 10.0. The van der Waals surface area contributed by atoms with Crippen molar-refractivity contribution in [1.82, 2.24) is 10.3 Å². The summed E-state index contributed by atoms with van der Waals surface area (Å²) in [6.45, 7) is 1.51. The standard InChI is InChI=1S/C21H20ClN3O4/c1-12(20(27)15-11-24-17-9-5-3-6-13(15)17)29-19(26)10-18(25-21(23)28)14-7-2-4-8-16(14)22/h2-9,11-12,18,24H,10H2,1H3,(H3,23,25,28)/t12-,18+/m1/s1. The summed E-state index contributed by atoms with van der Waals surface area (Å²) in [5.41, 5.74) is 7.01. The number of aromatic amines is 1. The molecule has 0 radical (unpaired) electrons. The van der Waals surface area contributed by atoms with Crippen molar-refractivity contribution in [3.8, 4) is 0 Å². The maximum absolute atomic E-state index is 12.7. The molecule has 0 saturated heterocycles. The molecule has 29 heavy (non-hydrogen) atoms. The van der Waals surface area contributed by atoms with Gasteiger partial charge in [0.2, 0.25) is 5.78 Å². The Morgan fingerprint density at radius 1 is 1.14 bits per heavy atom. The lowest BCUT2D eigenvalue weighted by Crippen LogP contribution is -2.35. The summed E-state index contributed by atoms with van der Waals surface area (Å²) in [4.78, 5) is 39.6. The summed E-state index contributed by atoms with van der Waals surface area (Å²) in [7, 11) is 0. The Morgan fingerprint density at radius 2 is 1.83 bits per heavy atom. The van der Waals surface area contributed by atoms with E-state index >= 15 is 0 Å². The molecule has 1 aromatic heterocycles. The zero-order chi connectivity index (χ0) is 21.0. The molecule has 0 aliphatic rings. The van der Waals surface area contributed by atoms with Gasteiger partial charge in [0.1, 0.15) is 0 Å². The number of benzene rings is 2. The summed E-state index contributed by atoms with van der Waals surface area (Å²) in [6.07, 6.45) is 0.374. The second kappa shape index (κ2) is 8.79. The van der Waals surface area contributed by atoms with Gasteiger partial charge in [0, 0.05) is 27.7 Å². The smallest absolute Gasteiger partial charge is 0.312 e. The summed E-state index contributed by atoms with van der Waals surface area (Å²) >= 11 is 6.16. The molecule has 0 bridgehead atoms. The fraction of sp³-hybridized carbons (Fsp3) is 0.190. The maximum atomic E-state index is 12.7. The van der Waals surface area contributed by atoms with Gasteiger partial charge < -0.3 is 20.8 Å². The van der Waals surface area contributed by atoms with Crippen LogP contribution in [0, 0.1) is 0 Å². The van der Waals surface area contributed by atoms with Gasteiger partial charge in [0.15, 0.2) is 6.10 Å². The minimum Gasteiger partial charge on any atom is -0.454 e. The fourth-order valence-electron chi connectivity index (χ4n) is 3.13. The van der Waals surface area contributed by atoms with Gasteiger partial charge >= 0.3 is 12.0 Å². The number of esters is 1. The number of nitrogens with two attached hydrogens (primary N) is 1. The van der Waals surface area contributed by atoms with Gasteiger partial charge in [0.05, 0.1) is 12.5 Å². The maximum Gasteiger partial charge on any atom is 0.312 e. The van der Waals surface area contributed by atoms with E-state index in [1.165, 1.54) is 6.92 Å². The van der Waals surface area contributed by atoms with Crippen LogP contribution in [0.4, 0.5) is 4.79 Å². The molecule has 0 aliphatic heterocycles. The van der Waals surface area contributed by atoms with Gasteiger partial charge in [-0.25, -0.2) is 4.79 Å². The van der Waals surface area contributed by atoms with Gasteiger partial charge in [-0.3, -0.25) is 9.59 Å². The van der Waals surface area contributed by atoms with Crippen molar-refractivity contribution < 1.29 is 19.1 Å². The Labute approximate surface area is 172 Å². The lowest BCUT2D eigenvalue weighted by Gasteiger charge is -2.19. The Kier molecular flexibility index (Phi) is 6.19. The van der Waals surface area contributed by atoms with Crippen LogP contribution in [-0.2, 0) is 9.53 Å². The molecule has 3 aromatic rings. The summed E-state index contributed by atoms with van der Waals surface area (Å²) < 4.78 is 5.32. The fourth-order valence-corrected chi connectivity index (χ4v) is 3.40. The van der Waals surface area contributed by atoms with Crippen molar-refractivity contribution >= 4 is 40.3 Å². The number of carbonyl (C=O) groups excluding carboxylic acids is 3. The van der Waals surface area contributed by atoms with E-state index in [1.807, 2.05) is 24.3 Å². The Bertz CT molecular complexity index is 1060. The molecule has 4 N–H and O–H groups in total. The monoisotopic (exact) mass is 413 g/mol. The Balaban J connectivity index is 1.71. The summed E-state index contributed by atoms with van der Waals surface area (Å²) in [5.74, 6) is -0.989.